The molecular formula is C14H19N3O2S2. The lowest BCUT2D eigenvalue weighted by Crippen LogP contribution is -2.27. The Labute approximate surface area is 129 Å². The summed E-state index contributed by atoms with van der Waals surface area (Å²) in [5.41, 5.74) is 6.54. The van der Waals surface area contributed by atoms with Gasteiger partial charge in [-0.15, -0.1) is 11.3 Å². The zero-order valence-electron chi connectivity index (χ0n) is 12.0. The number of benzene rings is 1. The molecule has 0 aliphatic heterocycles. The molecule has 0 atom stereocenters. The summed E-state index contributed by atoms with van der Waals surface area (Å²) in [6.45, 7) is 4.86. The van der Waals surface area contributed by atoms with Gasteiger partial charge in [0.25, 0.3) is 0 Å². The van der Waals surface area contributed by atoms with E-state index in [4.69, 9.17) is 10.9 Å². The van der Waals surface area contributed by atoms with E-state index < -0.39 is 10.0 Å². The number of hydrogen-bond donors (Lipinski definition) is 3. The molecule has 0 aliphatic rings. The van der Waals surface area contributed by atoms with E-state index in [-0.39, 0.29) is 16.0 Å². The highest BCUT2D eigenvalue weighted by Crippen LogP contribution is 2.30. The average molecular weight is 325 g/mol. The van der Waals surface area contributed by atoms with Gasteiger partial charge in [-0.3, -0.25) is 0 Å². The van der Waals surface area contributed by atoms with Crippen LogP contribution >= 0.6 is 11.3 Å². The Morgan fingerprint density at radius 1 is 1.24 bits per heavy atom. The largest absolute Gasteiger partial charge is 0.396 e. The molecule has 5 N–H and O–H groups in total. The number of rotatable bonds is 5. The normalized spacial score (nSPS) is 12.3. The number of para-hydroxylation sites is 1. The Morgan fingerprint density at radius 3 is 2.52 bits per heavy atom. The minimum Gasteiger partial charge on any atom is -0.396 e. The monoisotopic (exact) mass is 325 g/mol. The first-order valence-electron chi connectivity index (χ1n) is 6.41. The number of nitrogen functional groups attached to an aromatic ring is 1. The van der Waals surface area contributed by atoms with Gasteiger partial charge in [-0.05, 0) is 23.6 Å². The zero-order valence-corrected chi connectivity index (χ0v) is 13.6. The number of anilines is 2. The van der Waals surface area contributed by atoms with Crippen molar-refractivity contribution in [3.63, 3.8) is 0 Å². The lowest BCUT2D eigenvalue weighted by Gasteiger charge is -2.25. The van der Waals surface area contributed by atoms with Crippen LogP contribution in [-0.2, 0) is 15.4 Å². The van der Waals surface area contributed by atoms with Gasteiger partial charge >= 0.3 is 0 Å². The van der Waals surface area contributed by atoms with Crippen molar-refractivity contribution in [2.75, 3.05) is 17.6 Å². The van der Waals surface area contributed by atoms with Gasteiger partial charge in [-0.2, -0.15) is 0 Å². The lowest BCUT2D eigenvalue weighted by atomic mass is 9.91. The second-order valence-corrected chi connectivity index (χ2v) is 7.95. The van der Waals surface area contributed by atoms with Crippen LogP contribution in [0, 0.1) is 0 Å². The maximum absolute atomic E-state index is 11.5. The Bertz CT molecular complexity index is 723. The summed E-state index contributed by atoms with van der Waals surface area (Å²) in [4.78, 5) is 1.19. The van der Waals surface area contributed by atoms with Gasteiger partial charge < -0.3 is 11.1 Å². The molecular weight excluding hydrogens is 306 g/mol. The third kappa shape index (κ3) is 3.55. The van der Waals surface area contributed by atoms with Crippen LogP contribution in [0.15, 0.2) is 40.6 Å². The van der Waals surface area contributed by atoms with Gasteiger partial charge in [0.2, 0.25) is 10.0 Å². The van der Waals surface area contributed by atoms with E-state index in [1.54, 1.807) is 23.5 Å². The molecule has 114 valence electrons. The molecule has 0 spiro atoms. The van der Waals surface area contributed by atoms with Crippen molar-refractivity contribution < 1.29 is 8.42 Å². The topological polar surface area (TPSA) is 98.2 Å². The molecule has 7 heteroatoms. The molecule has 0 unspecified atom stereocenters. The quantitative estimate of drug-likeness (QED) is 0.735. The molecule has 2 rings (SSSR count). The van der Waals surface area contributed by atoms with E-state index in [0.717, 1.165) is 0 Å². The maximum Gasteiger partial charge on any atom is 0.240 e. The maximum atomic E-state index is 11.5. The number of thiophene rings is 1. The van der Waals surface area contributed by atoms with Crippen LogP contribution in [0.2, 0.25) is 0 Å². The van der Waals surface area contributed by atoms with Crippen molar-refractivity contribution in [2.45, 2.75) is 24.2 Å². The zero-order chi connectivity index (χ0) is 15.7. The van der Waals surface area contributed by atoms with Crippen molar-refractivity contribution in [3.05, 3.63) is 40.6 Å². The van der Waals surface area contributed by atoms with E-state index in [9.17, 15) is 8.42 Å². The molecule has 21 heavy (non-hydrogen) atoms. The minimum absolute atomic E-state index is 0.0542. The van der Waals surface area contributed by atoms with E-state index >= 15 is 0 Å². The Hall–Kier alpha value is -1.57. The second kappa shape index (κ2) is 5.67. The van der Waals surface area contributed by atoms with Crippen LogP contribution in [-0.4, -0.2) is 15.0 Å². The molecule has 1 heterocycles. The van der Waals surface area contributed by atoms with Crippen molar-refractivity contribution in [3.8, 4) is 0 Å². The SMILES string of the molecule is CC(C)(CNc1cccc(S(N)(=O)=O)c1N)c1cccs1. The number of primary sulfonamides is 1. The Balaban J connectivity index is 2.22. The van der Waals surface area contributed by atoms with E-state index in [2.05, 4.69) is 25.2 Å². The minimum atomic E-state index is -3.82. The number of nitrogens with two attached hydrogens (primary N) is 2. The molecule has 0 fully saturated rings. The number of sulfonamides is 1. The first-order chi connectivity index (χ1) is 9.72. The predicted octanol–water partition coefficient (Wildman–Crippen LogP) is 2.37. The molecule has 0 bridgehead atoms. The molecule has 0 aliphatic carbocycles. The fraction of sp³-hybridized carbons (Fsp3) is 0.286. The van der Waals surface area contributed by atoms with Crippen LogP contribution in [0.25, 0.3) is 0 Å². The van der Waals surface area contributed by atoms with E-state index in [0.29, 0.717) is 12.2 Å². The number of nitrogens with one attached hydrogen (secondary N) is 1. The molecule has 0 amide bonds. The smallest absolute Gasteiger partial charge is 0.240 e. The van der Waals surface area contributed by atoms with Crippen LogP contribution in [0.3, 0.4) is 0 Å². The second-order valence-electron chi connectivity index (χ2n) is 5.48. The summed E-state index contributed by atoms with van der Waals surface area (Å²) >= 11 is 1.69. The molecule has 5 nitrogen and oxygen atoms in total. The third-order valence-corrected chi connectivity index (χ3v) is 5.49. The van der Waals surface area contributed by atoms with E-state index in [1.165, 1.54) is 10.9 Å². The summed E-state index contributed by atoms with van der Waals surface area (Å²) in [5.74, 6) is 0. The van der Waals surface area contributed by atoms with Crippen LogP contribution in [0.4, 0.5) is 11.4 Å². The molecule has 1 aromatic heterocycles. The van der Waals surface area contributed by atoms with Crippen molar-refractivity contribution in [2.24, 2.45) is 5.14 Å². The molecule has 1 aromatic carbocycles. The fourth-order valence-electron chi connectivity index (χ4n) is 2.01. The highest BCUT2D eigenvalue weighted by Gasteiger charge is 2.22. The summed E-state index contributed by atoms with van der Waals surface area (Å²) in [5, 5.41) is 10.4. The predicted molar refractivity (Wildman–Crippen MR) is 88.1 cm³/mol. The highest BCUT2D eigenvalue weighted by molar-refractivity contribution is 7.89. The lowest BCUT2D eigenvalue weighted by molar-refractivity contribution is 0.569. The standard InChI is InChI=1S/C14H19N3O2S2/c1-14(2,12-7-4-8-20-12)9-17-10-5-3-6-11(13(10)15)21(16,18)19/h3-8,17H,9,15H2,1-2H3,(H2,16,18,19). The van der Waals surface area contributed by atoms with Gasteiger partial charge in [-0.1, -0.05) is 26.0 Å². The van der Waals surface area contributed by atoms with Crippen LogP contribution in [0.1, 0.15) is 18.7 Å². The van der Waals surface area contributed by atoms with Gasteiger partial charge in [-0.25, -0.2) is 13.6 Å². The Morgan fingerprint density at radius 2 is 1.95 bits per heavy atom. The number of hydrogen-bond acceptors (Lipinski definition) is 5. The summed E-state index contributed by atoms with van der Waals surface area (Å²) in [7, 11) is -3.82. The average Bonchev–Trinajstić information content (AvgIpc) is 2.90. The fourth-order valence-corrected chi connectivity index (χ4v) is 3.55. The first-order valence-corrected chi connectivity index (χ1v) is 8.83. The molecule has 0 radical (unpaired) electrons. The molecule has 0 saturated heterocycles. The highest BCUT2D eigenvalue weighted by atomic mass is 32.2. The Kier molecular flexibility index (Phi) is 4.27. The summed E-state index contributed by atoms with van der Waals surface area (Å²) < 4.78 is 22.9. The van der Waals surface area contributed by atoms with Crippen molar-refractivity contribution in [1.29, 1.82) is 0 Å². The van der Waals surface area contributed by atoms with Crippen LogP contribution in [0.5, 0.6) is 0 Å². The molecule has 2 aromatic rings. The van der Waals surface area contributed by atoms with Crippen molar-refractivity contribution >= 4 is 32.7 Å². The van der Waals surface area contributed by atoms with Gasteiger partial charge in [0.1, 0.15) is 4.90 Å². The first kappa shape index (κ1) is 15.8. The van der Waals surface area contributed by atoms with Crippen LogP contribution < -0.4 is 16.2 Å². The molecule has 0 saturated carbocycles. The summed E-state index contributed by atoms with van der Waals surface area (Å²) in [6, 6.07) is 8.86. The van der Waals surface area contributed by atoms with Gasteiger partial charge in [0.05, 0.1) is 11.4 Å². The van der Waals surface area contributed by atoms with E-state index in [1.807, 2.05) is 11.4 Å². The van der Waals surface area contributed by atoms with Crippen molar-refractivity contribution in [1.82, 2.24) is 0 Å². The summed E-state index contributed by atoms with van der Waals surface area (Å²) in [6.07, 6.45) is 0. The third-order valence-electron chi connectivity index (χ3n) is 3.28. The van der Waals surface area contributed by atoms with Gasteiger partial charge in [0.15, 0.2) is 0 Å². The van der Waals surface area contributed by atoms with Gasteiger partial charge in [0, 0.05) is 16.8 Å².